The number of benzene rings is 3. The molecule has 0 N–H and O–H groups in total. The Morgan fingerprint density at radius 2 is 1.58 bits per heavy atom. The van der Waals surface area contributed by atoms with Gasteiger partial charge in [-0.3, -0.25) is 9.88 Å². The summed E-state index contributed by atoms with van der Waals surface area (Å²) in [6.45, 7) is 6.05. The zero-order valence-electron chi connectivity index (χ0n) is 18.1. The van der Waals surface area contributed by atoms with Gasteiger partial charge in [0.2, 0.25) is 0 Å². The van der Waals surface area contributed by atoms with Crippen molar-refractivity contribution < 1.29 is 9.53 Å². The number of aromatic nitrogens is 1. The second-order valence-electron chi connectivity index (χ2n) is 8.49. The van der Waals surface area contributed by atoms with Crippen LogP contribution in [0, 0.1) is 0 Å². The second kappa shape index (κ2) is 8.60. The van der Waals surface area contributed by atoms with Crippen molar-refractivity contribution in [1.82, 2.24) is 4.98 Å². The number of fused-ring (bicyclic) bond motifs is 1. The van der Waals surface area contributed by atoms with Crippen LogP contribution in [0.15, 0.2) is 91.1 Å². The number of anilines is 1. The second-order valence-corrected chi connectivity index (χ2v) is 8.49. The van der Waals surface area contributed by atoms with Crippen LogP contribution in [0.25, 0.3) is 22.0 Å². The fourth-order valence-corrected chi connectivity index (χ4v) is 3.51. The largest absolute Gasteiger partial charge is 0.443 e. The minimum absolute atomic E-state index is 0.376. The van der Waals surface area contributed by atoms with E-state index in [-0.39, 0.29) is 6.09 Å². The number of rotatable bonds is 4. The summed E-state index contributed by atoms with van der Waals surface area (Å²) >= 11 is 0. The molecular formula is C27H26N2O2. The summed E-state index contributed by atoms with van der Waals surface area (Å²) in [4.78, 5) is 19.5. The third-order valence-electron chi connectivity index (χ3n) is 4.88. The Hall–Kier alpha value is -3.66. The fourth-order valence-electron chi connectivity index (χ4n) is 3.51. The van der Waals surface area contributed by atoms with Crippen molar-refractivity contribution in [3.8, 4) is 11.1 Å². The summed E-state index contributed by atoms with van der Waals surface area (Å²) < 4.78 is 5.76. The molecule has 0 atom stereocenters. The van der Waals surface area contributed by atoms with Gasteiger partial charge in [-0.15, -0.1) is 0 Å². The lowest BCUT2D eigenvalue weighted by Gasteiger charge is -2.28. The van der Waals surface area contributed by atoms with Gasteiger partial charge in [-0.05, 0) is 50.1 Å². The summed E-state index contributed by atoms with van der Waals surface area (Å²) in [5, 5.41) is 0.973. The molecule has 31 heavy (non-hydrogen) atoms. The quantitative estimate of drug-likeness (QED) is 0.370. The molecule has 0 saturated carbocycles. The van der Waals surface area contributed by atoms with E-state index in [4.69, 9.17) is 4.74 Å². The number of pyridine rings is 1. The predicted octanol–water partition coefficient (Wildman–Crippen LogP) is 6.84. The minimum Gasteiger partial charge on any atom is -0.443 e. The summed E-state index contributed by atoms with van der Waals surface area (Å²) in [5.41, 5.74) is 4.15. The van der Waals surface area contributed by atoms with Gasteiger partial charge in [0.25, 0.3) is 0 Å². The number of hydrogen-bond acceptors (Lipinski definition) is 3. The number of ether oxygens (including phenoxy) is 1. The van der Waals surface area contributed by atoms with Crippen LogP contribution in [-0.4, -0.2) is 16.7 Å². The molecule has 1 aromatic heterocycles. The molecule has 4 heteroatoms. The van der Waals surface area contributed by atoms with Crippen molar-refractivity contribution in [2.75, 3.05) is 4.90 Å². The van der Waals surface area contributed by atoms with Gasteiger partial charge in [0.1, 0.15) is 5.60 Å². The molecule has 0 fully saturated rings. The predicted molar refractivity (Wildman–Crippen MR) is 126 cm³/mol. The molecule has 1 heterocycles. The van der Waals surface area contributed by atoms with E-state index in [0.717, 1.165) is 33.3 Å². The number of carbonyl (C=O) groups excluding carboxylic acids is 1. The highest BCUT2D eigenvalue weighted by Gasteiger charge is 2.25. The molecule has 0 aliphatic heterocycles. The molecule has 4 aromatic rings. The van der Waals surface area contributed by atoms with Crippen LogP contribution in [0.1, 0.15) is 26.3 Å². The van der Waals surface area contributed by atoms with Gasteiger partial charge in [-0.2, -0.15) is 0 Å². The fraction of sp³-hybridized carbons (Fsp3) is 0.185. The standard InChI is InChI=1S/C27H26N2O2/c1-27(2,3)31-26(30)29(19-20-11-6-4-7-12-20)23-17-22-15-10-16-28-25(22)24(18-23)21-13-8-5-9-14-21/h4-18H,19H2,1-3H3. The van der Waals surface area contributed by atoms with Crippen LogP contribution in [0.4, 0.5) is 10.5 Å². The summed E-state index contributed by atoms with van der Waals surface area (Å²) in [7, 11) is 0. The van der Waals surface area contributed by atoms with Crippen molar-refractivity contribution in [2.45, 2.75) is 32.9 Å². The number of nitrogens with zero attached hydrogens (tertiary/aromatic N) is 2. The van der Waals surface area contributed by atoms with Gasteiger partial charge in [-0.25, -0.2) is 4.79 Å². The molecule has 0 aliphatic rings. The van der Waals surface area contributed by atoms with Gasteiger partial charge < -0.3 is 4.74 Å². The SMILES string of the molecule is CC(C)(C)OC(=O)N(Cc1ccccc1)c1cc(-c2ccccc2)c2ncccc2c1. The smallest absolute Gasteiger partial charge is 0.415 e. The first kappa shape index (κ1) is 20.6. The highest BCUT2D eigenvalue weighted by molar-refractivity contribution is 5.99. The van der Waals surface area contributed by atoms with Crippen molar-refractivity contribution >= 4 is 22.7 Å². The molecule has 0 radical (unpaired) electrons. The summed E-state index contributed by atoms with van der Waals surface area (Å²) in [5.74, 6) is 0. The van der Waals surface area contributed by atoms with Crippen LogP contribution < -0.4 is 4.90 Å². The Labute approximate surface area is 183 Å². The van der Waals surface area contributed by atoms with Crippen LogP contribution in [0.3, 0.4) is 0 Å². The highest BCUT2D eigenvalue weighted by Crippen LogP contribution is 2.33. The molecule has 0 bridgehead atoms. The lowest BCUT2D eigenvalue weighted by atomic mass is 10.0. The molecule has 4 nitrogen and oxygen atoms in total. The van der Waals surface area contributed by atoms with Crippen LogP contribution in [-0.2, 0) is 11.3 Å². The Bertz CT molecular complexity index is 1180. The Morgan fingerprint density at radius 3 is 2.26 bits per heavy atom. The van der Waals surface area contributed by atoms with Crippen LogP contribution in [0.5, 0.6) is 0 Å². The maximum Gasteiger partial charge on any atom is 0.415 e. The Kier molecular flexibility index (Phi) is 5.72. The summed E-state index contributed by atoms with van der Waals surface area (Å²) in [6, 6.07) is 28.0. The van der Waals surface area contributed by atoms with Crippen LogP contribution in [0.2, 0.25) is 0 Å². The lowest BCUT2D eigenvalue weighted by molar-refractivity contribution is 0.0577. The van der Waals surface area contributed by atoms with E-state index in [9.17, 15) is 4.79 Å². The average Bonchev–Trinajstić information content (AvgIpc) is 2.77. The highest BCUT2D eigenvalue weighted by atomic mass is 16.6. The molecule has 4 rings (SSSR count). The third kappa shape index (κ3) is 4.92. The molecular weight excluding hydrogens is 384 g/mol. The van der Waals surface area contributed by atoms with Crippen LogP contribution >= 0.6 is 0 Å². The number of hydrogen-bond donors (Lipinski definition) is 0. The van der Waals surface area contributed by atoms with Gasteiger partial charge in [0, 0.05) is 22.8 Å². The maximum atomic E-state index is 13.2. The van der Waals surface area contributed by atoms with Gasteiger partial charge in [0.15, 0.2) is 0 Å². The molecule has 1 amide bonds. The Balaban J connectivity index is 1.85. The van der Waals surface area contributed by atoms with E-state index in [2.05, 4.69) is 17.1 Å². The molecule has 156 valence electrons. The first-order chi connectivity index (χ1) is 14.9. The molecule has 0 spiro atoms. The van der Waals surface area contributed by atoms with Crippen molar-refractivity contribution in [2.24, 2.45) is 0 Å². The maximum absolute atomic E-state index is 13.2. The molecule has 3 aromatic carbocycles. The van der Waals surface area contributed by atoms with Gasteiger partial charge >= 0.3 is 6.09 Å². The zero-order chi connectivity index (χ0) is 21.8. The van der Waals surface area contributed by atoms with Crippen molar-refractivity contribution in [3.05, 3.63) is 96.7 Å². The molecule has 0 saturated heterocycles. The first-order valence-electron chi connectivity index (χ1n) is 10.4. The molecule has 0 aliphatic carbocycles. The van der Waals surface area contributed by atoms with E-state index < -0.39 is 5.60 Å². The van der Waals surface area contributed by atoms with Gasteiger partial charge in [0.05, 0.1) is 12.1 Å². The van der Waals surface area contributed by atoms with E-state index in [1.807, 2.05) is 93.6 Å². The van der Waals surface area contributed by atoms with E-state index in [0.29, 0.717) is 6.54 Å². The topological polar surface area (TPSA) is 42.4 Å². The van der Waals surface area contributed by atoms with E-state index >= 15 is 0 Å². The average molecular weight is 411 g/mol. The van der Waals surface area contributed by atoms with Gasteiger partial charge in [-0.1, -0.05) is 66.7 Å². The van der Waals surface area contributed by atoms with Crippen molar-refractivity contribution in [1.29, 1.82) is 0 Å². The third-order valence-corrected chi connectivity index (χ3v) is 4.88. The molecule has 0 unspecified atom stereocenters. The van der Waals surface area contributed by atoms with E-state index in [1.54, 1.807) is 11.1 Å². The Morgan fingerprint density at radius 1 is 0.903 bits per heavy atom. The monoisotopic (exact) mass is 410 g/mol. The first-order valence-corrected chi connectivity index (χ1v) is 10.4. The summed E-state index contributed by atoms with van der Waals surface area (Å²) in [6.07, 6.45) is 1.42. The van der Waals surface area contributed by atoms with E-state index in [1.165, 1.54) is 0 Å². The van der Waals surface area contributed by atoms with Crippen molar-refractivity contribution in [3.63, 3.8) is 0 Å². The number of amides is 1. The number of carbonyl (C=O) groups is 1. The lowest BCUT2D eigenvalue weighted by Crippen LogP contribution is -2.36. The minimum atomic E-state index is -0.591. The normalized spacial score (nSPS) is 11.3. The zero-order valence-corrected chi connectivity index (χ0v) is 18.1.